The van der Waals surface area contributed by atoms with Gasteiger partial charge < -0.3 is 10.2 Å². The summed E-state index contributed by atoms with van der Waals surface area (Å²) in [6, 6.07) is 8.53. The number of aryl methyl sites for hydroxylation is 2. The smallest absolute Gasteiger partial charge is 0.229 e. The highest BCUT2D eigenvalue weighted by Crippen LogP contribution is 2.21. The van der Waals surface area contributed by atoms with Crippen LogP contribution in [0.3, 0.4) is 0 Å². The molecule has 1 aromatic heterocycles. The highest BCUT2D eigenvalue weighted by molar-refractivity contribution is 5.56. The molecular weight excluding hydrogens is 260 g/mol. The Kier molecular flexibility index (Phi) is 5.28. The number of benzene rings is 1. The molecule has 21 heavy (non-hydrogen) atoms. The minimum absolute atomic E-state index is 0.733. The first kappa shape index (κ1) is 15.4. The van der Waals surface area contributed by atoms with E-state index in [1.165, 1.54) is 5.56 Å². The molecule has 0 bridgehead atoms. The van der Waals surface area contributed by atoms with Crippen LogP contribution in [-0.2, 0) is 13.0 Å². The predicted octanol–water partition coefficient (Wildman–Crippen LogP) is 3.22. The summed E-state index contributed by atoms with van der Waals surface area (Å²) in [7, 11) is 2.00. The summed E-state index contributed by atoms with van der Waals surface area (Å²) in [5.74, 6) is 0.733. The van der Waals surface area contributed by atoms with Gasteiger partial charge in [0.25, 0.3) is 0 Å². The third kappa shape index (κ3) is 3.79. The predicted molar refractivity (Wildman–Crippen MR) is 88.0 cm³/mol. The van der Waals surface area contributed by atoms with E-state index in [2.05, 4.69) is 53.4 Å². The molecule has 0 spiro atoms. The van der Waals surface area contributed by atoms with E-state index in [4.69, 9.17) is 0 Å². The van der Waals surface area contributed by atoms with Crippen LogP contribution in [0.15, 0.2) is 30.5 Å². The summed E-state index contributed by atoms with van der Waals surface area (Å²) in [6.45, 7) is 8.06. The molecule has 2 rings (SSSR count). The van der Waals surface area contributed by atoms with Crippen molar-refractivity contribution in [1.82, 2.24) is 15.3 Å². The topological polar surface area (TPSA) is 41.1 Å². The van der Waals surface area contributed by atoms with Crippen LogP contribution in [0.2, 0.25) is 0 Å². The second kappa shape index (κ2) is 7.18. The first-order valence-electron chi connectivity index (χ1n) is 7.51. The maximum absolute atomic E-state index is 4.62. The Morgan fingerprint density at radius 1 is 1.14 bits per heavy atom. The number of nitrogens with zero attached hydrogens (tertiary/aromatic N) is 3. The lowest BCUT2D eigenvalue weighted by Gasteiger charge is -2.18. The molecule has 0 aliphatic rings. The third-order valence-electron chi connectivity index (χ3n) is 3.67. The average Bonchev–Trinajstić information content (AvgIpc) is 2.53. The van der Waals surface area contributed by atoms with Crippen molar-refractivity contribution in [2.45, 2.75) is 33.7 Å². The monoisotopic (exact) mass is 284 g/mol. The van der Waals surface area contributed by atoms with Gasteiger partial charge >= 0.3 is 0 Å². The molecule has 1 heterocycles. The second-order valence-electron chi connectivity index (χ2n) is 5.14. The van der Waals surface area contributed by atoms with Crippen molar-refractivity contribution in [3.8, 4) is 0 Å². The van der Waals surface area contributed by atoms with Crippen LogP contribution in [0, 0.1) is 6.92 Å². The van der Waals surface area contributed by atoms with Gasteiger partial charge in [-0.1, -0.05) is 26.0 Å². The molecule has 112 valence electrons. The zero-order valence-electron chi connectivity index (χ0n) is 13.3. The van der Waals surface area contributed by atoms with Gasteiger partial charge in [0.2, 0.25) is 5.95 Å². The van der Waals surface area contributed by atoms with Crippen molar-refractivity contribution >= 4 is 11.6 Å². The van der Waals surface area contributed by atoms with Gasteiger partial charge in [-0.25, -0.2) is 9.97 Å². The maximum Gasteiger partial charge on any atom is 0.229 e. The van der Waals surface area contributed by atoms with Crippen LogP contribution in [0.1, 0.15) is 30.7 Å². The molecule has 4 nitrogen and oxygen atoms in total. The molecule has 0 saturated heterocycles. The van der Waals surface area contributed by atoms with Crippen molar-refractivity contribution in [2.24, 2.45) is 0 Å². The summed E-state index contributed by atoms with van der Waals surface area (Å²) in [5.41, 5.74) is 4.62. The summed E-state index contributed by atoms with van der Waals surface area (Å²) in [6.07, 6.45) is 2.97. The fraction of sp³-hybridized carbons (Fsp3) is 0.412. The Bertz CT molecular complexity index is 578. The molecule has 0 fully saturated rings. The maximum atomic E-state index is 4.62. The van der Waals surface area contributed by atoms with Crippen molar-refractivity contribution < 1.29 is 0 Å². The van der Waals surface area contributed by atoms with E-state index in [1.54, 1.807) is 0 Å². The minimum atomic E-state index is 0.733. The highest BCUT2D eigenvalue weighted by Gasteiger charge is 2.09. The Balaban J connectivity index is 2.18. The van der Waals surface area contributed by atoms with Gasteiger partial charge in [0.1, 0.15) is 0 Å². The van der Waals surface area contributed by atoms with E-state index in [-0.39, 0.29) is 0 Å². The molecule has 2 aromatic rings. The van der Waals surface area contributed by atoms with Gasteiger partial charge in [0.15, 0.2) is 0 Å². The van der Waals surface area contributed by atoms with E-state index in [0.29, 0.717) is 0 Å². The SMILES string of the molecule is CCNCc1cnc(N(C)c2ccc(CC)cc2)nc1C. The molecule has 4 heteroatoms. The minimum Gasteiger partial charge on any atom is -0.314 e. The normalized spacial score (nSPS) is 10.7. The van der Waals surface area contributed by atoms with E-state index in [1.807, 2.05) is 25.1 Å². The van der Waals surface area contributed by atoms with Crippen molar-refractivity contribution in [2.75, 3.05) is 18.5 Å². The Hall–Kier alpha value is -1.94. The van der Waals surface area contributed by atoms with Crippen LogP contribution in [0.25, 0.3) is 0 Å². The molecular formula is C17H24N4. The zero-order valence-corrected chi connectivity index (χ0v) is 13.3. The van der Waals surface area contributed by atoms with Gasteiger partial charge in [-0.15, -0.1) is 0 Å². The first-order chi connectivity index (χ1) is 10.2. The zero-order chi connectivity index (χ0) is 15.2. The number of rotatable bonds is 6. The third-order valence-corrected chi connectivity index (χ3v) is 3.67. The van der Waals surface area contributed by atoms with Crippen LogP contribution in [0.5, 0.6) is 0 Å². The molecule has 0 unspecified atom stereocenters. The Morgan fingerprint density at radius 3 is 2.43 bits per heavy atom. The average molecular weight is 284 g/mol. The Morgan fingerprint density at radius 2 is 1.86 bits per heavy atom. The molecule has 1 aromatic carbocycles. The Labute approximate surface area is 127 Å². The van der Waals surface area contributed by atoms with Gasteiger partial charge in [-0.05, 0) is 37.6 Å². The number of aromatic nitrogens is 2. The number of anilines is 2. The fourth-order valence-electron chi connectivity index (χ4n) is 2.15. The van der Waals surface area contributed by atoms with Gasteiger partial charge in [0, 0.05) is 36.7 Å². The van der Waals surface area contributed by atoms with E-state index in [9.17, 15) is 0 Å². The number of nitrogens with one attached hydrogen (secondary N) is 1. The standard InChI is InChI=1S/C17H24N4/c1-5-14-7-9-16(10-8-14)21(4)17-19-12-15(11-18-6-2)13(3)20-17/h7-10,12,18H,5-6,11H2,1-4H3. The van der Waals surface area contributed by atoms with Gasteiger partial charge in [-0.3, -0.25) is 0 Å². The summed E-state index contributed by atoms with van der Waals surface area (Å²) in [5, 5.41) is 3.30. The van der Waals surface area contributed by atoms with Crippen molar-refractivity contribution in [1.29, 1.82) is 0 Å². The molecule has 1 N–H and O–H groups in total. The largest absolute Gasteiger partial charge is 0.314 e. The molecule has 0 aliphatic carbocycles. The van der Waals surface area contributed by atoms with Gasteiger partial charge in [0.05, 0.1) is 0 Å². The number of hydrogen-bond acceptors (Lipinski definition) is 4. The summed E-state index contributed by atoms with van der Waals surface area (Å²) < 4.78 is 0. The number of hydrogen-bond donors (Lipinski definition) is 1. The highest BCUT2D eigenvalue weighted by atomic mass is 15.2. The molecule has 0 amide bonds. The summed E-state index contributed by atoms with van der Waals surface area (Å²) >= 11 is 0. The lowest BCUT2D eigenvalue weighted by atomic mass is 10.1. The quantitative estimate of drug-likeness (QED) is 0.884. The van der Waals surface area contributed by atoms with Crippen molar-refractivity contribution in [3.05, 3.63) is 47.3 Å². The molecule has 0 saturated carbocycles. The van der Waals surface area contributed by atoms with E-state index < -0.39 is 0 Å². The van der Waals surface area contributed by atoms with Crippen LogP contribution in [-0.4, -0.2) is 23.6 Å². The lowest BCUT2D eigenvalue weighted by Crippen LogP contribution is -2.17. The van der Waals surface area contributed by atoms with Crippen LogP contribution in [0.4, 0.5) is 11.6 Å². The van der Waals surface area contributed by atoms with Crippen molar-refractivity contribution in [3.63, 3.8) is 0 Å². The molecule has 0 atom stereocenters. The fourth-order valence-corrected chi connectivity index (χ4v) is 2.15. The van der Waals surface area contributed by atoms with E-state index >= 15 is 0 Å². The molecule has 0 aliphatic heterocycles. The van der Waals surface area contributed by atoms with Gasteiger partial charge in [-0.2, -0.15) is 0 Å². The van der Waals surface area contributed by atoms with Crippen LogP contribution < -0.4 is 10.2 Å². The van der Waals surface area contributed by atoms with E-state index in [0.717, 1.165) is 42.4 Å². The summed E-state index contributed by atoms with van der Waals surface area (Å²) in [4.78, 5) is 11.1. The first-order valence-corrected chi connectivity index (χ1v) is 7.51. The lowest BCUT2D eigenvalue weighted by molar-refractivity contribution is 0.715. The second-order valence-corrected chi connectivity index (χ2v) is 5.14. The molecule has 0 radical (unpaired) electrons. The van der Waals surface area contributed by atoms with Crippen LogP contribution >= 0.6 is 0 Å².